The maximum atomic E-state index is 12.8. The van der Waals surface area contributed by atoms with Crippen molar-refractivity contribution >= 4 is 0 Å². The van der Waals surface area contributed by atoms with Crippen molar-refractivity contribution in [1.29, 1.82) is 0 Å². The maximum Gasteiger partial charge on any atom is 0.416 e. The van der Waals surface area contributed by atoms with Crippen LogP contribution in [0.1, 0.15) is 61.3 Å². The summed E-state index contributed by atoms with van der Waals surface area (Å²) in [6.45, 7) is 2.24. The van der Waals surface area contributed by atoms with E-state index in [-0.39, 0.29) is 0 Å². The summed E-state index contributed by atoms with van der Waals surface area (Å²) in [6, 6.07) is 18.5. The number of halogens is 3. The highest BCUT2D eigenvalue weighted by Crippen LogP contribution is 2.39. The Morgan fingerprint density at radius 2 is 1.33 bits per heavy atom. The zero-order valence-electron chi connectivity index (χ0n) is 17.4. The molecule has 1 aliphatic rings. The largest absolute Gasteiger partial charge is 0.416 e. The molecule has 0 bridgehead atoms. The van der Waals surface area contributed by atoms with Gasteiger partial charge < -0.3 is 0 Å². The van der Waals surface area contributed by atoms with Gasteiger partial charge in [-0.2, -0.15) is 13.2 Å². The maximum absolute atomic E-state index is 12.8. The van der Waals surface area contributed by atoms with E-state index in [4.69, 9.17) is 0 Å². The second-order valence-corrected chi connectivity index (χ2v) is 8.28. The van der Waals surface area contributed by atoms with Crippen LogP contribution in [0.15, 0.2) is 60.7 Å². The van der Waals surface area contributed by atoms with Gasteiger partial charge in [0.05, 0.1) is 5.56 Å². The summed E-state index contributed by atoms with van der Waals surface area (Å²) in [5.74, 6) is 0. The van der Waals surface area contributed by atoms with Crippen molar-refractivity contribution in [2.24, 2.45) is 0 Å². The molecule has 156 valence electrons. The summed E-state index contributed by atoms with van der Waals surface area (Å²) in [7, 11) is 0. The number of hydrogen-bond donors (Lipinski definition) is 0. The number of rotatable bonds is 7. The third kappa shape index (κ3) is 4.45. The van der Waals surface area contributed by atoms with Crippen molar-refractivity contribution in [2.45, 2.75) is 58.0 Å². The van der Waals surface area contributed by atoms with E-state index in [0.29, 0.717) is 0 Å². The van der Waals surface area contributed by atoms with Gasteiger partial charge in [0.1, 0.15) is 0 Å². The molecule has 0 atom stereocenters. The Kier molecular flexibility index (Phi) is 5.99. The Bertz CT molecular complexity index is 1010. The molecule has 3 heteroatoms. The van der Waals surface area contributed by atoms with Crippen molar-refractivity contribution in [1.82, 2.24) is 0 Å². The summed E-state index contributed by atoms with van der Waals surface area (Å²) in [6.07, 6.45) is 4.16. The molecular weight excluding hydrogens is 381 g/mol. The molecule has 0 saturated carbocycles. The highest BCUT2D eigenvalue weighted by Gasteiger charge is 2.30. The second-order valence-electron chi connectivity index (χ2n) is 8.28. The molecule has 0 unspecified atom stereocenters. The van der Waals surface area contributed by atoms with Crippen LogP contribution in [0.25, 0.3) is 22.3 Å². The molecule has 0 radical (unpaired) electrons. The Balaban J connectivity index is 1.49. The summed E-state index contributed by atoms with van der Waals surface area (Å²) >= 11 is 0. The third-order valence-electron chi connectivity index (χ3n) is 6.06. The molecule has 0 heterocycles. The minimum atomic E-state index is -4.30. The van der Waals surface area contributed by atoms with Crippen molar-refractivity contribution in [3.05, 3.63) is 82.9 Å². The van der Waals surface area contributed by atoms with Crippen LogP contribution in [0.3, 0.4) is 0 Å². The number of benzene rings is 3. The molecule has 3 aromatic rings. The van der Waals surface area contributed by atoms with Crippen LogP contribution in [0, 0.1) is 0 Å². The van der Waals surface area contributed by atoms with Gasteiger partial charge in [-0.05, 0) is 70.3 Å². The van der Waals surface area contributed by atoms with E-state index in [1.165, 1.54) is 59.9 Å². The molecule has 0 saturated heterocycles. The lowest BCUT2D eigenvalue weighted by molar-refractivity contribution is -0.137. The quantitative estimate of drug-likeness (QED) is 0.269. The third-order valence-corrected chi connectivity index (χ3v) is 6.06. The minimum absolute atomic E-state index is 0.609. The highest BCUT2D eigenvalue weighted by molar-refractivity contribution is 5.80. The number of unbranched alkanes of at least 4 members (excludes halogenated alkanes) is 4. The zero-order chi connectivity index (χ0) is 21.1. The van der Waals surface area contributed by atoms with Crippen molar-refractivity contribution < 1.29 is 13.2 Å². The van der Waals surface area contributed by atoms with Crippen LogP contribution in [-0.2, 0) is 19.0 Å². The van der Waals surface area contributed by atoms with Gasteiger partial charge in [-0.3, -0.25) is 0 Å². The van der Waals surface area contributed by atoms with Gasteiger partial charge in [0.2, 0.25) is 0 Å². The Labute approximate surface area is 176 Å². The molecule has 0 aliphatic heterocycles. The van der Waals surface area contributed by atoms with E-state index < -0.39 is 11.7 Å². The van der Waals surface area contributed by atoms with E-state index in [1.807, 2.05) is 6.07 Å². The Hall–Kier alpha value is -2.55. The molecule has 0 fully saturated rings. The highest BCUT2D eigenvalue weighted by atomic mass is 19.4. The van der Waals surface area contributed by atoms with E-state index in [9.17, 15) is 13.2 Å². The fraction of sp³-hybridized carbons (Fsp3) is 0.333. The molecule has 0 amide bonds. The average Bonchev–Trinajstić information content (AvgIpc) is 3.10. The Morgan fingerprint density at radius 3 is 2.03 bits per heavy atom. The van der Waals surface area contributed by atoms with Crippen LogP contribution in [0.2, 0.25) is 0 Å². The molecule has 3 aromatic carbocycles. The molecule has 30 heavy (non-hydrogen) atoms. The van der Waals surface area contributed by atoms with Crippen molar-refractivity contribution in [3.63, 3.8) is 0 Å². The first-order chi connectivity index (χ1) is 14.5. The van der Waals surface area contributed by atoms with E-state index >= 15 is 0 Å². The zero-order valence-corrected chi connectivity index (χ0v) is 17.4. The minimum Gasteiger partial charge on any atom is -0.166 e. The van der Waals surface area contributed by atoms with Gasteiger partial charge in [0, 0.05) is 0 Å². The second kappa shape index (κ2) is 8.67. The lowest BCUT2D eigenvalue weighted by Crippen LogP contribution is -2.03. The first-order valence-corrected chi connectivity index (χ1v) is 10.9. The summed E-state index contributed by atoms with van der Waals surface area (Å²) in [4.78, 5) is 0. The number of fused-ring (bicyclic) bond motifs is 3. The first kappa shape index (κ1) is 20.7. The smallest absolute Gasteiger partial charge is 0.166 e. The predicted octanol–water partition coefficient (Wildman–Crippen LogP) is 8.46. The number of aryl methyl sites for hydroxylation is 1. The topological polar surface area (TPSA) is 0 Å². The molecule has 0 N–H and O–H groups in total. The normalized spacial score (nSPS) is 12.7. The monoisotopic (exact) mass is 408 g/mol. The van der Waals surface area contributed by atoms with Gasteiger partial charge in [-0.25, -0.2) is 0 Å². The first-order valence-electron chi connectivity index (χ1n) is 10.9. The molecule has 1 aliphatic carbocycles. The molecule has 0 aromatic heterocycles. The summed E-state index contributed by atoms with van der Waals surface area (Å²) in [5.41, 5.74) is 7.72. The lowest BCUT2D eigenvalue weighted by Gasteiger charge is -2.09. The van der Waals surface area contributed by atoms with Crippen LogP contribution in [0.4, 0.5) is 13.2 Å². The molecule has 0 nitrogen and oxygen atoms in total. The Morgan fingerprint density at radius 1 is 0.700 bits per heavy atom. The average molecular weight is 409 g/mol. The number of hydrogen-bond acceptors (Lipinski definition) is 0. The van der Waals surface area contributed by atoms with Gasteiger partial charge in [0.25, 0.3) is 0 Å². The molecular formula is C27H27F3. The van der Waals surface area contributed by atoms with Crippen molar-refractivity contribution in [3.8, 4) is 22.3 Å². The van der Waals surface area contributed by atoms with Gasteiger partial charge in [-0.15, -0.1) is 0 Å². The van der Waals surface area contributed by atoms with Gasteiger partial charge in [0.15, 0.2) is 0 Å². The predicted molar refractivity (Wildman–Crippen MR) is 118 cm³/mol. The fourth-order valence-electron chi connectivity index (χ4n) is 4.38. The number of alkyl halides is 3. The van der Waals surface area contributed by atoms with Crippen LogP contribution >= 0.6 is 0 Å². The van der Waals surface area contributed by atoms with Gasteiger partial charge in [-0.1, -0.05) is 81.1 Å². The fourth-order valence-corrected chi connectivity index (χ4v) is 4.38. The van der Waals surface area contributed by atoms with E-state index in [2.05, 4.69) is 37.3 Å². The van der Waals surface area contributed by atoms with Crippen LogP contribution in [0.5, 0.6) is 0 Å². The lowest BCUT2D eigenvalue weighted by atomic mass is 9.98. The van der Waals surface area contributed by atoms with E-state index in [0.717, 1.165) is 36.1 Å². The van der Waals surface area contributed by atoms with Crippen molar-refractivity contribution in [2.75, 3.05) is 0 Å². The van der Waals surface area contributed by atoms with Gasteiger partial charge >= 0.3 is 6.18 Å². The standard InChI is InChI=1S/C27H27F3/c1-2-3-4-5-6-7-19-8-14-25-22(16-19)18-23-17-21(11-15-26(23)25)20-9-12-24(13-10-20)27(28,29)30/h8-17H,2-7,18H2,1H3. The summed E-state index contributed by atoms with van der Waals surface area (Å²) < 4.78 is 38.5. The van der Waals surface area contributed by atoms with Crippen LogP contribution < -0.4 is 0 Å². The van der Waals surface area contributed by atoms with Crippen LogP contribution in [-0.4, -0.2) is 0 Å². The SMILES string of the molecule is CCCCCCCc1ccc2c(c1)Cc1cc(-c3ccc(C(F)(F)F)cc3)ccc1-2. The molecule has 4 rings (SSSR count). The molecule has 0 spiro atoms. The van der Waals surface area contributed by atoms with E-state index in [1.54, 1.807) is 12.1 Å². The summed E-state index contributed by atoms with van der Waals surface area (Å²) in [5, 5.41) is 0.